The summed E-state index contributed by atoms with van der Waals surface area (Å²) in [5.74, 6) is 2.62. The second-order valence-corrected chi connectivity index (χ2v) is 7.70. The largest absolute Gasteiger partial charge is 0.496 e. The number of ether oxygens (including phenoxy) is 2. The molecule has 1 N–H and O–H groups in total. The van der Waals surface area contributed by atoms with Crippen molar-refractivity contribution in [3.63, 3.8) is 0 Å². The highest BCUT2D eigenvalue weighted by Gasteiger charge is 2.16. The number of nitrogens with zero attached hydrogens (tertiary/aromatic N) is 3. The van der Waals surface area contributed by atoms with Crippen LogP contribution in [0, 0.1) is 0 Å². The second-order valence-electron chi connectivity index (χ2n) is 5.80. The number of methoxy groups -OCH3 is 1. The highest BCUT2D eigenvalue weighted by molar-refractivity contribution is 9.10. The topological polar surface area (TPSA) is 69.4 Å². The summed E-state index contributed by atoms with van der Waals surface area (Å²) in [5, 5.41) is 19.4. The van der Waals surface area contributed by atoms with Gasteiger partial charge in [0, 0.05) is 17.3 Å². The molecule has 6 nitrogen and oxygen atoms in total. The van der Waals surface area contributed by atoms with Gasteiger partial charge in [-0.15, -0.1) is 10.2 Å². The molecule has 1 atom stereocenters. The average Bonchev–Trinajstić information content (AvgIpc) is 3.05. The van der Waals surface area contributed by atoms with Gasteiger partial charge in [0.1, 0.15) is 18.1 Å². The van der Waals surface area contributed by atoms with E-state index >= 15 is 0 Å². The molecule has 3 aromatic rings. The molecule has 0 amide bonds. The first-order valence-corrected chi connectivity index (χ1v) is 10.1. The quantitative estimate of drug-likeness (QED) is 0.527. The first kappa shape index (κ1) is 19.7. The zero-order valence-corrected chi connectivity index (χ0v) is 17.4. The van der Waals surface area contributed by atoms with Crippen molar-refractivity contribution in [2.24, 2.45) is 7.05 Å². The molecule has 1 aromatic heterocycles. The Balaban J connectivity index is 1.59. The summed E-state index contributed by atoms with van der Waals surface area (Å²) in [6.07, 6.45) is -0.625. The van der Waals surface area contributed by atoms with Crippen LogP contribution >= 0.6 is 27.7 Å². The van der Waals surface area contributed by atoms with Crippen molar-refractivity contribution >= 4 is 27.7 Å². The number of rotatable bonds is 8. The van der Waals surface area contributed by atoms with E-state index in [1.807, 2.05) is 60.1 Å². The molecule has 0 aliphatic rings. The van der Waals surface area contributed by atoms with Gasteiger partial charge in [0.05, 0.1) is 18.8 Å². The fraction of sp³-hybridized carbons (Fsp3) is 0.263. The summed E-state index contributed by atoms with van der Waals surface area (Å²) >= 11 is 4.83. The first-order chi connectivity index (χ1) is 13.1. The van der Waals surface area contributed by atoms with Gasteiger partial charge >= 0.3 is 0 Å². The SMILES string of the molecule is COc1ccccc1-c1nnc(SCC(O)COc2cccc(Br)c2)n1C. The number of thioether (sulfide) groups is 1. The Morgan fingerprint density at radius 3 is 2.78 bits per heavy atom. The minimum absolute atomic E-state index is 0.209. The van der Waals surface area contributed by atoms with Crippen LogP contribution in [-0.2, 0) is 7.05 Å². The van der Waals surface area contributed by atoms with Crippen molar-refractivity contribution in [2.75, 3.05) is 19.5 Å². The van der Waals surface area contributed by atoms with Crippen LogP contribution in [0.2, 0.25) is 0 Å². The maximum atomic E-state index is 10.2. The van der Waals surface area contributed by atoms with E-state index in [1.54, 1.807) is 7.11 Å². The standard InChI is InChI=1S/C19H20BrN3O3S/c1-23-18(16-8-3-4-9-17(16)25-2)21-22-19(23)27-12-14(24)11-26-15-7-5-6-13(20)10-15/h3-10,14,24H,11-12H2,1-2H3. The molecule has 8 heteroatoms. The van der Waals surface area contributed by atoms with Crippen LogP contribution in [0.1, 0.15) is 0 Å². The summed E-state index contributed by atoms with van der Waals surface area (Å²) in [7, 11) is 3.53. The molecule has 0 bridgehead atoms. The van der Waals surface area contributed by atoms with Crippen molar-refractivity contribution in [3.8, 4) is 22.9 Å². The van der Waals surface area contributed by atoms with Crippen LogP contribution in [0.15, 0.2) is 58.2 Å². The van der Waals surface area contributed by atoms with Gasteiger partial charge < -0.3 is 19.1 Å². The predicted octanol–water partition coefficient (Wildman–Crippen LogP) is 3.79. The Morgan fingerprint density at radius 2 is 2.00 bits per heavy atom. The minimum atomic E-state index is -0.625. The third kappa shape index (κ3) is 5.03. The summed E-state index contributed by atoms with van der Waals surface area (Å²) in [5.41, 5.74) is 0.875. The van der Waals surface area contributed by atoms with Gasteiger partial charge in [-0.1, -0.05) is 45.9 Å². The number of para-hydroxylation sites is 1. The maximum Gasteiger partial charge on any atom is 0.191 e. The zero-order chi connectivity index (χ0) is 19.2. The van der Waals surface area contributed by atoms with E-state index in [9.17, 15) is 5.11 Å². The molecule has 0 aliphatic carbocycles. The van der Waals surface area contributed by atoms with Crippen molar-refractivity contribution < 1.29 is 14.6 Å². The Hall–Kier alpha value is -2.03. The number of aliphatic hydroxyl groups excluding tert-OH is 1. The van der Waals surface area contributed by atoms with Crippen LogP contribution in [0.4, 0.5) is 0 Å². The fourth-order valence-corrected chi connectivity index (χ4v) is 3.67. The molecule has 1 heterocycles. The molecule has 0 spiro atoms. The van der Waals surface area contributed by atoms with E-state index in [1.165, 1.54) is 11.8 Å². The van der Waals surface area contributed by atoms with Crippen molar-refractivity contribution in [3.05, 3.63) is 53.0 Å². The third-order valence-corrected chi connectivity index (χ3v) is 5.48. The average molecular weight is 450 g/mol. The molecule has 142 valence electrons. The second kappa shape index (κ2) is 9.25. The molecule has 0 radical (unpaired) electrons. The number of hydrogen-bond acceptors (Lipinski definition) is 6. The van der Waals surface area contributed by atoms with Gasteiger partial charge in [-0.3, -0.25) is 0 Å². The number of benzene rings is 2. The third-order valence-electron chi connectivity index (χ3n) is 3.83. The highest BCUT2D eigenvalue weighted by atomic mass is 79.9. The van der Waals surface area contributed by atoms with Gasteiger partial charge in [0.2, 0.25) is 0 Å². The van der Waals surface area contributed by atoms with Gasteiger partial charge in [-0.25, -0.2) is 0 Å². The summed E-state index contributed by atoms with van der Waals surface area (Å²) in [6.45, 7) is 0.209. The molecule has 0 fully saturated rings. The molecule has 0 aliphatic heterocycles. The Bertz CT molecular complexity index is 903. The van der Waals surface area contributed by atoms with Gasteiger partial charge in [-0.05, 0) is 30.3 Å². The van der Waals surface area contributed by atoms with Crippen molar-refractivity contribution in [1.82, 2.24) is 14.8 Å². The van der Waals surface area contributed by atoms with Crippen molar-refractivity contribution in [1.29, 1.82) is 0 Å². The lowest BCUT2D eigenvalue weighted by molar-refractivity contribution is 0.126. The van der Waals surface area contributed by atoms with E-state index < -0.39 is 6.10 Å². The Labute approximate surface area is 170 Å². The zero-order valence-electron chi connectivity index (χ0n) is 15.0. The van der Waals surface area contributed by atoms with E-state index in [4.69, 9.17) is 9.47 Å². The van der Waals surface area contributed by atoms with Gasteiger partial charge in [0.15, 0.2) is 11.0 Å². The lowest BCUT2D eigenvalue weighted by Gasteiger charge is -2.12. The van der Waals surface area contributed by atoms with E-state index in [-0.39, 0.29) is 6.61 Å². The monoisotopic (exact) mass is 449 g/mol. The minimum Gasteiger partial charge on any atom is -0.496 e. The lowest BCUT2D eigenvalue weighted by atomic mass is 10.2. The van der Waals surface area contributed by atoms with E-state index in [2.05, 4.69) is 26.1 Å². The molecular weight excluding hydrogens is 430 g/mol. The van der Waals surface area contributed by atoms with Gasteiger partial charge in [0.25, 0.3) is 0 Å². The van der Waals surface area contributed by atoms with E-state index in [0.717, 1.165) is 26.8 Å². The van der Waals surface area contributed by atoms with Crippen LogP contribution in [-0.4, -0.2) is 45.4 Å². The summed E-state index contributed by atoms with van der Waals surface area (Å²) in [4.78, 5) is 0. The lowest BCUT2D eigenvalue weighted by Crippen LogP contribution is -2.20. The molecule has 3 rings (SSSR count). The molecule has 1 unspecified atom stereocenters. The number of aliphatic hydroxyl groups is 1. The highest BCUT2D eigenvalue weighted by Crippen LogP contribution is 2.30. The van der Waals surface area contributed by atoms with E-state index in [0.29, 0.717) is 11.5 Å². The maximum absolute atomic E-state index is 10.2. The summed E-state index contributed by atoms with van der Waals surface area (Å²) in [6, 6.07) is 15.2. The van der Waals surface area contributed by atoms with Crippen LogP contribution in [0.5, 0.6) is 11.5 Å². The molecule has 2 aromatic carbocycles. The van der Waals surface area contributed by atoms with Crippen LogP contribution < -0.4 is 9.47 Å². The first-order valence-electron chi connectivity index (χ1n) is 8.30. The normalized spacial score (nSPS) is 12.0. The Morgan fingerprint density at radius 1 is 1.19 bits per heavy atom. The number of hydrogen-bond donors (Lipinski definition) is 1. The molecule has 27 heavy (non-hydrogen) atoms. The molecule has 0 saturated heterocycles. The van der Waals surface area contributed by atoms with Crippen LogP contribution in [0.25, 0.3) is 11.4 Å². The smallest absolute Gasteiger partial charge is 0.191 e. The number of aromatic nitrogens is 3. The fourth-order valence-electron chi connectivity index (χ4n) is 2.47. The van der Waals surface area contributed by atoms with Crippen molar-refractivity contribution in [2.45, 2.75) is 11.3 Å². The molecular formula is C19H20BrN3O3S. The predicted molar refractivity (Wildman–Crippen MR) is 109 cm³/mol. The summed E-state index contributed by atoms with van der Waals surface area (Å²) < 4.78 is 13.8. The van der Waals surface area contributed by atoms with Gasteiger partial charge in [-0.2, -0.15) is 0 Å². The Kier molecular flexibility index (Phi) is 6.76. The number of halogens is 1. The van der Waals surface area contributed by atoms with Crippen LogP contribution in [0.3, 0.4) is 0 Å². The molecule has 0 saturated carbocycles.